The van der Waals surface area contributed by atoms with Gasteiger partial charge in [-0.15, -0.1) is 0 Å². The molecule has 2 heterocycles. The monoisotopic (exact) mass is 331 g/mol. The fourth-order valence-corrected chi connectivity index (χ4v) is 4.75. The van der Waals surface area contributed by atoms with Gasteiger partial charge in [-0.05, 0) is 37.1 Å². The third kappa shape index (κ3) is 4.78. The van der Waals surface area contributed by atoms with Crippen LogP contribution >= 0.6 is 7.59 Å². The molecule has 3 N–H and O–H groups in total. The maximum atomic E-state index is 13.4. The molecular formula is C16H22N5OP. The van der Waals surface area contributed by atoms with E-state index < -0.39 is 7.59 Å². The van der Waals surface area contributed by atoms with Crippen molar-refractivity contribution in [1.29, 1.82) is 0 Å². The van der Waals surface area contributed by atoms with E-state index in [9.17, 15) is 4.57 Å². The normalized spacial score (nSPS) is 16.0. The summed E-state index contributed by atoms with van der Waals surface area (Å²) in [5.74, 6) is 0. The van der Waals surface area contributed by atoms with Crippen molar-refractivity contribution in [3.8, 4) is 0 Å². The summed E-state index contributed by atoms with van der Waals surface area (Å²) in [5.41, 5.74) is 1.44. The third-order valence-electron chi connectivity index (χ3n) is 3.87. The Balaban J connectivity index is 1.77. The first-order chi connectivity index (χ1) is 11.2. The molecule has 122 valence electrons. The van der Waals surface area contributed by atoms with E-state index in [1.54, 1.807) is 24.8 Å². The van der Waals surface area contributed by atoms with Crippen molar-refractivity contribution in [2.75, 3.05) is 10.2 Å². The minimum absolute atomic E-state index is 0.253. The highest BCUT2D eigenvalue weighted by molar-refractivity contribution is 7.64. The Morgan fingerprint density at radius 1 is 0.913 bits per heavy atom. The van der Waals surface area contributed by atoms with Gasteiger partial charge in [0.05, 0.1) is 23.8 Å². The molecule has 2 aromatic heterocycles. The number of anilines is 2. The fourth-order valence-electron chi connectivity index (χ4n) is 2.80. The lowest BCUT2D eigenvalue weighted by molar-refractivity contribution is 0.413. The largest absolute Gasteiger partial charge is 0.328 e. The summed E-state index contributed by atoms with van der Waals surface area (Å²) < 4.78 is 13.4. The van der Waals surface area contributed by atoms with Gasteiger partial charge in [-0.3, -0.25) is 14.5 Å². The second kappa shape index (κ2) is 7.57. The standard InChI is InChI=1S/C16H22N5OP/c22-23(19-14-6-2-1-3-7-14,20-15-8-4-10-17-12-15)21-16-9-5-11-18-13-16/h4-5,8-14H,1-3,6-7H2,(H3,19,20,21,22). The van der Waals surface area contributed by atoms with Crippen molar-refractivity contribution in [3.63, 3.8) is 0 Å². The van der Waals surface area contributed by atoms with Crippen LogP contribution in [-0.4, -0.2) is 16.0 Å². The van der Waals surface area contributed by atoms with Crippen LogP contribution in [0.5, 0.6) is 0 Å². The predicted octanol–water partition coefficient (Wildman–Crippen LogP) is 4.03. The van der Waals surface area contributed by atoms with Crippen LogP contribution in [-0.2, 0) is 4.57 Å². The summed E-state index contributed by atoms with van der Waals surface area (Å²) in [6.07, 6.45) is 12.4. The van der Waals surface area contributed by atoms with Crippen LogP contribution in [0.2, 0.25) is 0 Å². The van der Waals surface area contributed by atoms with Crippen molar-refractivity contribution < 1.29 is 4.57 Å². The number of aromatic nitrogens is 2. The minimum atomic E-state index is -3.06. The summed E-state index contributed by atoms with van der Waals surface area (Å²) in [5, 5.41) is 9.50. The maximum Gasteiger partial charge on any atom is 0.328 e. The summed E-state index contributed by atoms with van der Waals surface area (Å²) in [4.78, 5) is 8.14. The average Bonchev–Trinajstić information content (AvgIpc) is 2.57. The molecule has 0 unspecified atom stereocenters. The average molecular weight is 331 g/mol. The second-order valence-corrected chi connectivity index (χ2v) is 7.70. The van der Waals surface area contributed by atoms with Gasteiger partial charge in [0.1, 0.15) is 0 Å². The predicted molar refractivity (Wildman–Crippen MR) is 93.3 cm³/mol. The highest BCUT2D eigenvalue weighted by atomic mass is 31.2. The van der Waals surface area contributed by atoms with Crippen molar-refractivity contribution >= 4 is 19.0 Å². The van der Waals surface area contributed by atoms with E-state index in [1.165, 1.54) is 19.3 Å². The molecule has 3 rings (SSSR count). The van der Waals surface area contributed by atoms with Gasteiger partial charge in [-0.1, -0.05) is 19.3 Å². The molecule has 1 fully saturated rings. The third-order valence-corrected chi connectivity index (χ3v) is 5.74. The molecule has 2 aromatic rings. The molecule has 6 nitrogen and oxygen atoms in total. The molecule has 0 spiro atoms. The van der Waals surface area contributed by atoms with Gasteiger partial charge in [0.15, 0.2) is 0 Å². The molecule has 0 aliphatic heterocycles. The first-order valence-corrected chi connectivity index (χ1v) is 9.69. The van der Waals surface area contributed by atoms with Crippen LogP contribution < -0.4 is 15.3 Å². The number of nitrogens with zero attached hydrogens (tertiary/aromatic N) is 2. The molecule has 7 heteroatoms. The SMILES string of the molecule is O=P(Nc1cccnc1)(Nc1cccnc1)NC1CCCCC1. The highest BCUT2D eigenvalue weighted by Crippen LogP contribution is 2.43. The minimum Gasteiger partial charge on any atom is -0.307 e. The Labute approximate surface area is 136 Å². The smallest absolute Gasteiger partial charge is 0.307 e. The van der Waals surface area contributed by atoms with Gasteiger partial charge in [-0.2, -0.15) is 0 Å². The van der Waals surface area contributed by atoms with E-state index in [0.717, 1.165) is 24.2 Å². The van der Waals surface area contributed by atoms with Crippen molar-refractivity contribution in [3.05, 3.63) is 49.1 Å². The van der Waals surface area contributed by atoms with E-state index in [4.69, 9.17) is 0 Å². The number of pyridine rings is 2. The second-order valence-electron chi connectivity index (χ2n) is 5.78. The van der Waals surface area contributed by atoms with Crippen molar-refractivity contribution in [1.82, 2.24) is 15.1 Å². The van der Waals surface area contributed by atoms with Gasteiger partial charge in [-0.25, -0.2) is 5.09 Å². The van der Waals surface area contributed by atoms with Gasteiger partial charge >= 0.3 is 7.59 Å². The summed E-state index contributed by atoms with van der Waals surface area (Å²) in [6.45, 7) is 0. The van der Waals surface area contributed by atoms with E-state index in [2.05, 4.69) is 25.2 Å². The van der Waals surface area contributed by atoms with Crippen LogP contribution in [0.4, 0.5) is 11.4 Å². The van der Waals surface area contributed by atoms with Gasteiger partial charge in [0.2, 0.25) is 0 Å². The Morgan fingerprint density at radius 3 is 1.96 bits per heavy atom. The molecule has 0 saturated heterocycles. The van der Waals surface area contributed by atoms with Gasteiger partial charge in [0, 0.05) is 18.4 Å². The zero-order valence-electron chi connectivity index (χ0n) is 13.0. The summed E-state index contributed by atoms with van der Waals surface area (Å²) in [6, 6.07) is 7.59. The molecule has 0 atom stereocenters. The quantitative estimate of drug-likeness (QED) is 0.694. The van der Waals surface area contributed by atoms with Crippen LogP contribution in [0, 0.1) is 0 Å². The molecule has 1 aliphatic carbocycles. The van der Waals surface area contributed by atoms with Crippen LogP contribution in [0.25, 0.3) is 0 Å². The van der Waals surface area contributed by atoms with Gasteiger partial charge in [0.25, 0.3) is 0 Å². The Bertz CT molecular complexity index is 601. The van der Waals surface area contributed by atoms with Crippen LogP contribution in [0.3, 0.4) is 0 Å². The lowest BCUT2D eigenvalue weighted by Crippen LogP contribution is -2.33. The molecule has 1 saturated carbocycles. The molecule has 0 radical (unpaired) electrons. The summed E-state index contributed by atoms with van der Waals surface area (Å²) in [7, 11) is -3.06. The zero-order chi connectivity index (χ0) is 16.0. The summed E-state index contributed by atoms with van der Waals surface area (Å²) >= 11 is 0. The van der Waals surface area contributed by atoms with Gasteiger partial charge < -0.3 is 10.2 Å². The zero-order valence-corrected chi connectivity index (χ0v) is 13.9. The Morgan fingerprint density at radius 2 is 1.48 bits per heavy atom. The van der Waals surface area contributed by atoms with Crippen LogP contribution in [0.1, 0.15) is 32.1 Å². The van der Waals surface area contributed by atoms with Crippen LogP contribution in [0.15, 0.2) is 49.1 Å². The first-order valence-electron chi connectivity index (χ1n) is 7.98. The molecule has 23 heavy (non-hydrogen) atoms. The topological polar surface area (TPSA) is 78.9 Å². The molecule has 1 aliphatic rings. The van der Waals surface area contributed by atoms with E-state index in [1.807, 2.05) is 24.3 Å². The maximum absolute atomic E-state index is 13.4. The molecule has 0 bridgehead atoms. The highest BCUT2D eigenvalue weighted by Gasteiger charge is 2.27. The number of hydrogen-bond acceptors (Lipinski definition) is 3. The fraction of sp³-hybridized carbons (Fsp3) is 0.375. The lowest BCUT2D eigenvalue weighted by Gasteiger charge is -2.30. The molecule has 0 aromatic carbocycles. The molecule has 0 amide bonds. The van der Waals surface area contributed by atoms with Crippen molar-refractivity contribution in [2.24, 2.45) is 0 Å². The first kappa shape index (κ1) is 16.0. The molecular weight excluding hydrogens is 309 g/mol. The Hall–Kier alpha value is -1.91. The van der Waals surface area contributed by atoms with E-state index in [-0.39, 0.29) is 6.04 Å². The van der Waals surface area contributed by atoms with E-state index >= 15 is 0 Å². The Kier molecular flexibility index (Phi) is 5.26. The lowest BCUT2D eigenvalue weighted by atomic mass is 9.96. The number of nitrogens with one attached hydrogen (secondary N) is 3. The number of hydrogen-bond donors (Lipinski definition) is 3. The van der Waals surface area contributed by atoms with Crippen molar-refractivity contribution in [2.45, 2.75) is 38.1 Å². The van der Waals surface area contributed by atoms with E-state index in [0.29, 0.717) is 0 Å². The number of rotatable bonds is 6.